The highest BCUT2D eigenvalue weighted by Crippen LogP contribution is 2.34. The molecule has 0 spiro atoms. The zero-order chi connectivity index (χ0) is 12.4. The van der Waals surface area contributed by atoms with Gasteiger partial charge in [0.1, 0.15) is 11.6 Å². The van der Waals surface area contributed by atoms with E-state index in [0.717, 1.165) is 16.6 Å². The normalized spacial score (nSPS) is 10.8. The van der Waals surface area contributed by atoms with Crippen LogP contribution >= 0.6 is 45.9 Å². The van der Waals surface area contributed by atoms with Crippen molar-refractivity contribution in [3.05, 3.63) is 27.3 Å². The molecular formula is C10H9FIN3S2. The van der Waals surface area contributed by atoms with Crippen LogP contribution in [0, 0.1) is 9.39 Å². The highest BCUT2D eigenvalue weighted by atomic mass is 127. The van der Waals surface area contributed by atoms with Gasteiger partial charge in [-0.2, -0.15) is 4.37 Å². The maximum atomic E-state index is 13.4. The Hall–Kier alpha value is -0.410. The highest BCUT2D eigenvalue weighted by molar-refractivity contribution is 14.1. The predicted molar refractivity (Wildman–Crippen MR) is 76.9 cm³/mol. The Morgan fingerprint density at radius 1 is 1.53 bits per heavy atom. The number of anilines is 1. The summed E-state index contributed by atoms with van der Waals surface area (Å²) in [4.78, 5) is 4.99. The average Bonchev–Trinajstić information content (AvgIpc) is 2.73. The molecule has 0 saturated heterocycles. The number of nitrogen functional groups attached to an aromatic ring is 1. The first kappa shape index (κ1) is 13.0. The van der Waals surface area contributed by atoms with Crippen LogP contribution in [0.25, 0.3) is 0 Å². The maximum absolute atomic E-state index is 13.4. The molecule has 0 unspecified atom stereocenters. The molecule has 17 heavy (non-hydrogen) atoms. The van der Waals surface area contributed by atoms with Crippen molar-refractivity contribution in [2.24, 2.45) is 0 Å². The summed E-state index contributed by atoms with van der Waals surface area (Å²) in [7, 11) is 0. The Morgan fingerprint density at radius 3 is 2.94 bits per heavy atom. The standard InChI is InChI=1S/C10H9FIN3S2/c1-2-9-14-10(17-15-9)16-8-3-5(11)6(12)4-7(8)13/h3-4H,2,13H2,1H3. The third-order valence-corrected chi connectivity index (χ3v) is 4.70. The molecule has 2 N–H and O–H groups in total. The van der Waals surface area contributed by atoms with Crippen LogP contribution < -0.4 is 5.73 Å². The topological polar surface area (TPSA) is 51.8 Å². The molecule has 0 fully saturated rings. The molecule has 2 aromatic rings. The summed E-state index contributed by atoms with van der Waals surface area (Å²) in [6, 6.07) is 3.06. The van der Waals surface area contributed by atoms with Crippen molar-refractivity contribution in [1.29, 1.82) is 0 Å². The van der Waals surface area contributed by atoms with Gasteiger partial charge in [0.15, 0.2) is 4.34 Å². The van der Waals surface area contributed by atoms with E-state index in [2.05, 4.69) is 9.36 Å². The molecule has 3 nitrogen and oxygen atoms in total. The first-order valence-electron chi connectivity index (χ1n) is 4.85. The van der Waals surface area contributed by atoms with Crippen LogP contribution in [0.3, 0.4) is 0 Å². The van der Waals surface area contributed by atoms with Crippen molar-refractivity contribution < 1.29 is 4.39 Å². The lowest BCUT2D eigenvalue weighted by Crippen LogP contribution is -1.92. The second kappa shape index (κ2) is 5.49. The SMILES string of the molecule is CCc1nsc(Sc2cc(F)c(I)cc2N)n1. The fourth-order valence-corrected chi connectivity index (χ4v) is 3.35. The number of aromatic nitrogens is 2. The molecule has 0 amide bonds. The lowest BCUT2D eigenvalue weighted by atomic mass is 10.3. The molecule has 0 radical (unpaired) electrons. The lowest BCUT2D eigenvalue weighted by molar-refractivity contribution is 0.617. The quantitative estimate of drug-likeness (QED) is 0.653. The van der Waals surface area contributed by atoms with Crippen LogP contribution in [0.15, 0.2) is 21.4 Å². The van der Waals surface area contributed by atoms with Crippen molar-refractivity contribution in [1.82, 2.24) is 9.36 Å². The Labute approximate surface area is 120 Å². The van der Waals surface area contributed by atoms with Gasteiger partial charge in [-0.1, -0.05) is 18.7 Å². The van der Waals surface area contributed by atoms with Crippen molar-refractivity contribution in [3.63, 3.8) is 0 Å². The number of nitrogens with two attached hydrogens (primary N) is 1. The van der Waals surface area contributed by atoms with Crippen molar-refractivity contribution in [2.75, 3.05) is 5.73 Å². The Balaban J connectivity index is 2.26. The predicted octanol–water partition coefficient (Wildman–Crippen LogP) is 3.58. The molecule has 1 aromatic carbocycles. The molecule has 0 bridgehead atoms. The fourth-order valence-electron chi connectivity index (χ4n) is 1.15. The minimum atomic E-state index is -0.262. The molecule has 1 heterocycles. The van der Waals surface area contributed by atoms with Crippen LogP contribution in [0.5, 0.6) is 0 Å². The van der Waals surface area contributed by atoms with E-state index < -0.39 is 0 Å². The number of hydrogen-bond donors (Lipinski definition) is 1. The van der Waals surface area contributed by atoms with Gasteiger partial charge in [0, 0.05) is 17.0 Å². The van der Waals surface area contributed by atoms with Crippen LogP contribution in [0.2, 0.25) is 0 Å². The van der Waals surface area contributed by atoms with Gasteiger partial charge in [-0.15, -0.1) is 0 Å². The number of aryl methyl sites for hydroxylation is 1. The van der Waals surface area contributed by atoms with E-state index in [9.17, 15) is 4.39 Å². The number of nitrogens with zero attached hydrogens (tertiary/aromatic N) is 2. The average molecular weight is 381 g/mol. The van der Waals surface area contributed by atoms with E-state index in [1.165, 1.54) is 29.4 Å². The van der Waals surface area contributed by atoms with E-state index in [-0.39, 0.29) is 5.82 Å². The van der Waals surface area contributed by atoms with Gasteiger partial charge in [0.2, 0.25) is 0 Å². The van der Waals surface area contributed by atoms with Crippen molar-refractivity contribution >= 4 is 51.6 Å². The van der Waals surface area contributed by atoms with Crippen LogP contribution in [-0.4, -0.2) is 9.36 Å². The molecule has 90 valence electrons. The summed E-state index contributed by atoms with van der Waals surface area (Å²) in [5.41, 5.74) is 6.41. The Bertz CT molecular complexity index is 544. The molecule has 7 heteroatoms. The van der Waals surface area contributed by atoms with Gasteiger partial charge in [-0.3, -0.25) is 0 Å². The second-order valence-corrected chi connectivity index (χ2v) is 6.44. The smallest absolute Gasteiger partial charge is 0.174 e. The monoisotopic (exact) mass is 381 g/mol. The zero-order valence-electron chi connectivity index (χ0n) is 8.91. The van der Waals surface area contributed by atoms with E-state index in [1.807, 2.05) is 29.5 Å². The molecule has 2 rings (SSSR count). The van der Waals surface area contributed by atoms with Crippen LogP contribution in [0.1, 0.15) is 12.7 Å². The molecule has 1 aromatic heterocycles. The highest BCUT2D eigenvalue weighted by Gasteiger charge is 2.10. The van der Waals surface area contributed by atoms with Gasteiger partial charge >= 0.3 is 0 Å². The second-order valence-electron chi connectivity index (χ2n) is 3.24. The minimum absolute atomic E-state index is 0.262. The molecule has 0 saturated carbocycles. The van der Waals surface area contributed by atoms with Crippen LogP contribution in [-0.2, 0) is 6.42 Å². The summed E-state index contributed by atoms with van der Waals surface area (Å²) >= 11 is 4.58. The largest absolute Gasteiger partial charge is 0.398 e. The summed E-state index contributed by atoms with van der Waals surface area (Å²) in [6.45, 7) is 2.00. The summed E-state index contributed by atoms with van der Waals surface area (Å²) in [5.74, 6) is 0.546. The van der Waals surface area contributed by atoms with E-state index in [4.69, 9.17) is 5.73 Å². The lowest BCUT2D eigenvalue weighted by Gasteiger charge is -2.04. The van der Waals surface area contributed by atoms with E-state index in [0.29, 0.717) is 14.2 Å². The number of rotatable bonds is 3. The minimum Gasteiger partial charge on any atom is -0.398 e. The first-order chi connectivity index (χ1) is 8.10. The molecular weight excluding hydrogens is 372 g/mol. The third-order valence-electron chi connectivity index (χ3n) is 2.02. The number of halogens is 2. The summed E-state index contributed by atoms with van der Waals surface area (Å²) in [5, 5.41) is 0. The summed E-state index contributed by atoms with van der Waals surface area (Å²) < 4.78 is 18.9. The van der Waals surface area contributed by atoms with Gasteiger partial charge < -0.3 is 5.73 Å². The zero-order valence-corrected chi connectivity index (χ0v) is 12.7. The molecule has 0 atom stereocenters. The molecule has 0 aliphatic carbocycles. The van der Waals surface area contributed by atoms with Crippen molar-refractivity contribution in [3.8, 4) is 0 Å². The van der Waals surface area contributed by atoms with Gasteiger partial charge in [0.25, 0.3) is 0 Å². The first-order valence-corrected chi connectivity index (χ1v) is 7.52. The third kappa shape index (κ3) is 3.08. The Morgan fingerprint density at radius 2 is 2.29 bits per heavy atom. The molecule has 0 aliphatic rings. The van der Waals surface area contributed by atoms with Gasteiger partial charge in [-0.25, -0.2) is 9.37 Å². The summed E-state index contributed by atoms with van der Waals surface area (Å²) in [6.07, 6.45) is 0.799. The van der Waals surface area contributed by atoms with Gasteiger partial charge in [-0.05, 0) is 46.3 Å². The molecule has 0 aliphatic heterocycles. The van der Waals surface area contributed by atoms with E-state index in [1.54, 1.807) is 6.07 Å². The fraction of sp³-hybridized carbons (Fsp3) is 0.200. The number of hydrogen-bond acceptors (Lipinski definition) is 5. The number of benzene rings is 1. The van der Waals surface area contributed by atoms with Gasteiger partial charge in [0.05, 0.1) is 3.57 Å². The maximum Gasteiger partial charge on any atom is 0.174 e. The van der Waals surface area contributed by atoms with Crippen LogP contribution in [0.4, 0.5) is 10.1 Å². The Kier molecular flexibility index (Phi) is 4.21. The van der Waals surface area contributed by atoms with E-state index >= 15 is 0 Å². The van der Waals surface area contributed by atoms with Crippen molar-refractivity contribution in [2.45, 2.75) is 22.6 Å².